The number of nitrogens with zero attached hydrogens (tertiary/aromatic N) is 4. The molecule has 2 aliphatic rings. The number of aromatic nitrogens is 1. The molecule has 2 saturated heterocycles. The van der Waals surface area contributed by atoms with E-state index >= 15 is 0 Å². The fraction of sp³-hybridized carbons (Fsp3) is 0.700. The third kappa shape index (κ3) is 4.59. The van der Waals surface area contributed by atoms with Crippen LogP contribution in [0.1, 0.15) is 30.1 Å². The van der Waals surface area contributed by atoms with Gasteiger partial charge in [-0.1, -0.05) is 6.92 Å². The van der Waals surface area contributed by atoms with E-state index in [9.17, 15) is 15.0 Å². The molecule has 0 aliphatic carbocycles. The number of amides is 1. The minimum atomic E-state index is 0.0649. The van der Waals surface area contributed by atoms with Crippen LogP contribution in [-0.4, -0.2) is 89.9 Å². The lowest BCUT2D eigenvalue weighted by Gasteiger charge is -2.26. The maximum absolute atomic E-state index is 12.9. The molecule has 0 radical (unpaired) electrons. The molecule has 2 fully saturated rings. The van der Waals surface area contributed by atoms with E-state index in [1.54, 1.807) is 6.20 Å². The van der Waals surface area contributed by atoms with Crippen LogP contribution in [0.2, 0.25) is 0 Å². The van der Waals surface area contributed by atoms with Crippen LogP contribution in [0.5, 0.6) is 0 Å². The number of aliphatic hydroxyl groups excluding tert-OH is 2. The van der Waals surface area contributed by atoms with E-state index in [-0.39, 0.29) is 25.0 Å². The average molecular weight is 377 g/mol. The Hall–Kier alpha value is -1.70. The molecule has 3 heterocycles. The van der Waals surface area contributed by atoms with Crippen molar-refractivity contribution >= 4 is 11.7 Å². The number of pyridine rings is 1. The lowest BCUT2D eigenvalue weighted by Crippen LogP contribution is -2.35. The van der Waals surface area contributed by atoms with Gasteiger partial charge in [0.15, 0.2) is 0 Å². The normalized spacial score (nSPS) is 22.8. The van der Waals surface area contributed by atoms with E-state index in [4.69, 9.17) is 0 Å². The molecule has 2 aliphatic heterocycles. The Morgan fingerprint density at radius 3 is 2.67 bits per heavy atom. The first-order chi connectivity index (χ1) is 13.2. The summed E-state index contributed by atoms with van der Waals surface area (Å²) in [4.78, 5) is 23.8. The van der Waals surface area contributed by atoms with Gasteiger partial charge in [0.2, 0.25) is 0 Å². The molecule has 3 rings (SSSR count). The van der Waals surface area contributed by atoms with Crippen LogP contribution in [0.25, 0.3) is 0 Å². The summed E-state index contributed by atoms with van der Waals surface area (Å²) in [6.45, 7) is 7.82. The second-order valence-corrected chi connectivity index (χ2v) is 7.60. The number of aliphatic hydroxyl groups is 2. The average Bonchev–Trinajstić information content (AvgIpc) is 3.37. The zero-order chi connectivity index (χ0) is 19.2. The molecular formula is C20H32N4O3. The van der Waals surface area contributed by atoms with Gasteiger partial charge in [-0.2, -0.15) is 0 Å². The molecule has 0 saturated carbocycles. The van der Waals surface area contributed by atoms with Crippen molar-refractivity contribution in [1.82, 2.24) is 14.8 Å². The van der Waals surface area contributed by atoms with Crippen LogP contribution in [0.4, 0.5) is 5.82 Å². The van der Waals surface area contributed by atoms with Crippen molar-refractivity contribution in [2.75, 3.05) is 63.9 Å². The van der Waals surface area contributed by atoms with E-state index in [1.165, 1.54) is 0 Å². The van der Waals surface area contributed by atoms with Gasteiger partial charge in [-0.05, 0) is 37.4 Å². The molecular weight excluding hydrogens is 344 g/mol. The monoisotopic (exact) mass is 376 g/mol. The number of likely N-dealkylation sites (tertiary alicyclic amines) is 1. The fourth-order valence-electron chi connectivity index (χ4n) is 4.28. The summed E-state index contributed by atoms with van der Waals surface area (Å²) in [5.74, 6) is 1.24. The Morgan fingerprint density at radius 2 is 2.00 bits per heavy atom. The highest BCUT2D eigenvalue weighted by Gasteiger charge is 2.36. The van der Waals surface area contributed by atoms with Crippen molar-refractivity contribution in [2.45, 2.75) is 19.8 Å². The molecule has 0 spiro atoms. The topological polar surface area (TPSA) is 80.1 Å². The van der Waals surface area contributed by atoms with Gasteiger partial charge in [0.05, 0.1) is 12.2 Å². The van der Waals surface area contributed by atoms with E-state index in [2.05, 4.69) is 21.7 Å². The van der Waals surface area contributed by atoms with Gasteiger partial charge in [-0.3, -0.25) is 4.79 Å². The van der Waals surface area contributed by atoms with Gasteiger partial charge in [-0.25, -0.2) is 4.98 Å². The van der Waals surface area contributed by atoms with Crippen molar-refractivity contribution in [1.29, 1.82) is 0 Å². The standard InChI is InChI=1S/C20H32N4O3/c1-2-22(10-11-25)12-16-13-24(14-17(16)15-26)19-18(6-5-7-21-19)20(27)23-8-3-4-9-23/h5-7,16-17,25-26H,2-4,8-15H2,1H3/t16-,17-/m1/s1. The first-order valence-corrected chi connectivity index (χ1v) is 10.1. The van der Waals surface area contributed by atoms with Crippen LogP contribution >= 0.6 is 0 Å². The Balaban J connectivity index is 1.75. The number of hydrogen-bond donors (Lipinski definition) is 2. The lowest BCUT2D eigenvalue weighted by molar-refractivity contribution is 0.0793. The van der Waals surface area contributed by atoms with Crippen LogP contribution < -0.4 is 4.90 Å². The zero-order valence-corrected chi connectivity index (χ0v) is 16.3. The summed E-state index contributed by atoms with van der Waals surface area (Å²) >= 11 is 0. The van der Waals surface area contributed by atoms with Gasteiger partial charge >= 0.3 is 0 Å². The Bertz CT molecular complexity index is 621. The third-order valence-corrected chi connectivity index (χ3v) is 5.88. The first kappa shape index (κ1) is 20.0. The molecule has 2 atom stereocenters. The zero-order valence-electron chi connectivity index (χ0n) is 16.3. The SMILES string of the molecule is CCN(CCO)C[C@@H]1CN(c2ncccc2C(=O)N2CCCC2)C[C@@H]1CO. The number of rotatable bonds is 8. The number of carbonyl (C=O) groups excluding carboxylic acids is 1. The second-order valence-electron chi connectivity index (χ2n) is 7.60. The minimum Gasteiger partial charge on any atom is -0.396 e. The Labute approximate surface area is 161 Å². The molecule has 27 heavy (non-hydrogen) atoms. The quantitative estimate of drug-likeness (QED) is 0.694. The second kappa shape index (κ2) is 9.48. The first-order valence-electron chi connectivity index (χ1n) is 10.1. The molecule has 150 valence electrons. The van der Waals surface area contributed by atoms with E-state index in [1.807, 2.05) is 17.0 Å². The smallest absolute Gasteiger partial charge is 0.257 e. The van der Waals surface area contributed by atoms with Crippen molar-refractivity contribution in [2.24, 2.45) is 11.8 Å². The van der Waals surface area contributed by atoms with Crippen LogP contribution in [-0.2, 0) is 0 Å². The largest absolute Gasteiger partial charge is 0.396 e. The summed E-state index contributed by atoms with van der Waals surface area (Å²) in [5, 5.41) is 19.1. The fourth-order valence-corrected chi connectivity index (χ4v) is 4.28. The molecule has 7 heteroatoms. The molecule has 0 unspecified atom stereocenters. The van der Waals surface area contributed by atoms with Gasteiger partial charge in [0, 0.05) is 58.0 Å². The minimum absolute atomic E-state index is 0.0649. The Morgan fingerprint density at radius 1 is 1.26 bits per heavy atom. The number of carbonyl (C=O) groups is 1. The van der Waals surface area contributed by atoms with Crippen molar-refractivity contribution in [3.05, 3.63) is 23.9 Å². The van der Waals surface area contributed by atoms with Crippen LogP contribution in [0.3, 0.4) is 0 Å². The van der Waals surface area contributed by atoms with Gasteiger partial charge in [-0.15, -0.1) is 0 Å². The van der Waals surface area contributed by atoms with Crippen molar-refractivity contribution in [3.63, 3.8) is 0 Å². The van der Waals surface area contributed by atoms with E-state index in [0.717, 1.165) is 51.4 Å². The molecule has 1 aromatic heterocycles. The molecule has 0 aromatic carbocycles. The summed E-state index contributed by atoms with van der Waals surface area (Å²) in [5.41, 5.74) is 0.666. The highest BCUT2D eigenvalue weighted by Crippen LogP contribution is 2.30. The third-order valence-electron chi connectivity index (χ3n) is 5.88. The summed E-state index contributed by atoms with van der Waals surface area (Å²) in [6, 6.07) is 3.69. The van der Waals surface area contributed by atoms with Crippen LogP contribution in [0, 0.1) is 11.8 Å². The van der Waals surface area contributed by atoms with Crippen LogP contribution in [0.15, 0.2) is 18.3 Å². The summed E-state index contributed by atoms with van der Waals surface area (Å²) in [6.07, 6.45) is 3.87. The van der Waals surface area contributed by atoms with E-state index < -0.39 is 0 Å². The highest BCUT2D eigenvalue weighted by atomic mass is 16.3. The highest BCUT2D eigenvalue weighted by molar-refractivity contribution is 5.99. The van der Waals surface area contributed by atoms with Gasteiger partial charge < -0.3 is 24.9 Å². The Kier molecular flexibility index (Phi) is 7.04. The number of hydrogen-bond acceptors (Lipinski definition) is 6. The molecule has 1 amide bonds. The predicted molar refractivity (Wildman–Crippen MR) is 105 cm³/mol. The molecule has 2 N–H and O–H groups in total. The number of likely N-dealkylation sites (N-methyl/N-ethyl adjacent to an activating group) is 1. The van der Waals surface area contributed by atoms with Gasteiger partial charge in [0.1, 0.15) is 5.82 Å². The molecule has 7 nitrogen and oxygen atoms in total. The van der Waals surface area contributed by atoms with Gasteiger partial charge in [0.25, 0.3) is 5.91 Å². The maximum Gasteiger partial charge on any atom is 0.257 e. The maximum atomic E-state index is 12.9. The predicted octanol–water partition coefficient (Wildman–Crippen LogP) is 0.677. The molecule has 0 bridgehead atoms. The van der Waals surface area contributed by atoms with E-state index in [0.29, 0.717) is 24.6 Å². The lowest BCUT2D eigenvalue weighted by atomic mass is 9.96. The van der Waals surface area contributed by atoms with Crippen molar-refractivity contribution in [3.8, 4) is 0 Å². The molecule has 1 aromatic rings. The number of anilines is 1. The summed E-state index contributed by atoms with van der Waals surface area (Å²) < 4.78 is 0. The van der Waals surface area contributed by atoms with Crippen molar-refractivity contribution < 1.29 is 15.0 Å². The summed E-state index contributed by atoms with van der Waals surface area (Å²) in [7, 11) is 0.